The van der Waals surface area contributed by atoms with E-state index in [9.17, 15) is 9.18 Å². The predicted molar refractivity (Wildman–Crippen MR) is 116 cm³/mol. The maximum absolute atomic E-state index is 14.5. The van der Waals surface area contributed by atoms with Crippen molar-refractivity contribution in [1.82, 2.24) is 0 Å². The van der Waals surface area contributed by atoms with E-state index in [1.807, 2.05) is 19.1 Å². The van der Waals surface area contributed by atoms with Gasteiger partial charge in [-0.15, -0.1) is 0 Å². The van der Waals surface area contributed by atoms with Crippen molar-refractivity contribution in [2.75, 3.05) is 0 Å². The van der Waals surface area contributed by atoms with E-state index in [-0.39, 0.29) is 11.9 Å². The fourth-order valence-electron chi connectivity index (χ4n) is 3.23. The number of carbonyl (C=O) groups excluding carboxylic acids is 1. The first-order valence-electron chi connectivity index (χ1n) is 10.8. The van der Waals surface area contributed by atoms with Crippen molar-refractivity contribution in [3.63, 3.8) is 0 Å². The van der Waals surface area contributed by atoms with Gasteiger partial charge in [0.05, 0.1) is 0 Å². The Morgan fingerprint density at radius 3 is 2.34 bits per heavy atom. The van der Waals surface area contributed by atoms with Crippen LogP contribution in [0.3, 0.4) is 0 Å². The van der Waals surface area contributed by atoms with E-state index in [4.69, 9.17) is 9.47 Å². The standard InChI is InChI=1S/C25H33FO3/c1-4-6-8-9-10-19(3)28-25(27)29-22-15-13-21(14-16-22)23-17-12-20(11-7-5-2)18-24(23)26/h12-19H,4-11H2,1-3H3. The molecular formula is C25H33FO3. The highest BCUT2D eigenvalue weighted by atomic mass is 19.1. The van der Waals surface area contributed by atoms with Crippen LogP contribution in [0.4, 0.5) is 9.18 Å². The topological polar surface area (TPSA) is 35.5 Å². The zero-order chi connectivity index (χ0) is 21.1. The molecule has 0 amide bonds. The number of aryl methyl sites for hydroxylation is 1. The van der Waals surface area contributed by atoms with Gasteiger partial charge >= 0.3 is 6.16 Å². The number of carbonyl (C=O) groups is 1. The van der Waals surface area contributed by atoms with Crippen molar-refractivity contribution in [2.24, 2.45) is 0 Å². The summed E-state index contributed by atoms with van der Waals surface area (Å²) in [5.41, 5.74) is 2.30. The summed E-state index contributed by atoms with van der Waals surface area (Å²) in [5.74, 6) is 0.153. The van der Waals surface area contributed by atoms with E-state index >= 15 is 0 Å². The molecule has 2 aromatic carbocycles. The smallest absolute Gasteiger partial charge is 0.431 e. The second-order valence-corrected chi connectivity index (χ2v) is 7.57. The summed E-state index contributed by atoms with van der Waals surface area (Å²) in [7, 11) is 0. The lowest BCUT2D eigenvalue weighted by molar-refractivity contribution is 0.0613. The van der Waals surface area contributed by atoms with Crippen LogP contribution in [0.15, 0.2) is 42.5 Å². The van der Waals surface area contributed by atoms with Crippen molar-refractivity contribution in [3.8, 4) is 16.9 Å². The second-order valence-electron chi connectivity index (χ2n) is 7.57. The fourth-order valence-corrected chi connectivity index (χ4v) is 3.23. The van der Waals surface area contributed by atoms with Crippen LogP contribution >= 0.6 is 0 Å². The molecule has 2 rings (SSSR count). The number of unbranched alkanes of at least 4 members (excludes halogenated alkanes) is 4. The molecule has 4 heteroatoms. The van der Waals surface area contributed by atoms with Crippen LogP contribution < -0.4 is 4.74 Å². The molecular weight excluding hydrogens is 367 g/mol. The average Bonchev–Trinajstić information content (AvgIpc) is 2.70. The van der Waals surface area contributed by atoms with Crippen molar-refractivity contribution in [3.05, 3.63) is 53.8 Å². The number of hydrogen-bond donors (Lipinski definition) is 0. The van der Waals surface area contributed by atoms with Crippen LogP contribution in [0.25, 0.3) is 11.1 Å². The van der Waals surface area contributed by atoms with Gasteiger partial charge in [-0.1, -0.05) is 63.8 Å². The summed E-state index contributed by atoms with van der Waals surface area (Å²) in [6.45, 7) is 6.17. The molecule has 158 valence electrons. The third-order valence-electron chi connectivity index (χ3n) is 4.98. The minimum absolute atomic E-state index is 0.168. The highest BCUT2D eigenvalue weighted by molar-refractivity contribution is 5.67. The summed E-state index contributed by atoms with van der Waals surface area (Å²) in [6, 6.07) is 12.2. The molecule has 0 aliphatic heterocycles. The van der Waals surface area contributed by atoms with Crippen molar-refractivity contribution in [2.45, 2.75) is 78.2 Å². The SMILES string of the molecule is CCCCCCC(C)OC(=O)Oc1ccc(-c2ccc(CCCC)cc2F)cc1. The highest BCUT2D eigenvalue weighted by Crippen LogP contribution is 2.26. The number of benzene rings is 2. The van der Waals surface area contributed by atoms with Gasteiger partial charge in [-0.3, -0.25) is 0 Å². The Kier molecular flexibility index (Phi) is 9.69. The highest BCUT2D eigenvalue weighted by Gasteiger charge is 2.12. The molecule has 0 heterocycles. The van der Waals surface area contributed by atoms with Gasteiger partial charge in [-0.2, -0.15) is 0 Å². The monoisotopic (exact) mass is 400 g/mol. The molecule has 0 N–H and O–H groups in total. The zero-order valence-corrected chi connectivity index (χ0v) is 17.9. The van der Waals surface area contributed by atoms with Crippen molar-refractivity contribution >= 4 is 6.16 Å². The Bertz CT molecular complexity index is 755. The number of rotatable bonds is 11. The van der Waals surface area contributed by atoms with Crippen LogP contribution in [-0.4, -0.2) is 12.3 Å². The Labute approximate surface area is 174 Å². The Balaban J connectivity index is 1.89. The number of ether oxygens (including phenoxy) is 2. The van der Waals surface area contributed by atoms with E-state index in [0.29, 0.717) is 11.3 Å². The molecule has 0 spiro atoms. The van der Waals surface area contributed by atoms with Gasteiger partial charge in [0.2, 0.25) is 0 Å². The molecule has 2 aromatic rings. The lowest BCUT2D eigenvalue weighted by atomic mass is 10.0. The number of hydrogen-bond acceptors (Lipinski definition) is 3. The van der Waals surface area contributed by atoms with Crippen molar-refractivity contribution < 1.29 is 18.7 Å². The van der Waals surface area contributed by atoms with Gasteiger partial charge in [0.15, 0.2) is 0 Å². The lowest BCUT2D eigenvalue weighted by Crippen LogP contribution is -2.18. The predicted octanol–water partition coefficient (Wildman–Crippen LogP) is 7.71. The van der Waals surface area contributed by atoms with Crippen LogP contribution in [0.2, 0.25) is 0 Å². The van der Waals surface area contributed by atoms with E-state index in [1.54, 1.807) is 30.3 Å². The third kappa shape index (κ3) is 7.88. The Hall–Kier alpha value is -2.36. The normalized spacial score (nSPS) is 11.9. The fraction of sp³-hybridized carbons (Fsp3) is 0.480. The van der Waals surface area contributed by atoms with E-state index in [0.717, 1.165) is 49.7 Å². The van der Waals surface area contributed by atoms with E-state index in [2.05, 4.69) is 13.8 Å². The van der Waals surface area contributed by atoms with E-state index in [1.165, 1.54) is 12.8 Å². The van der Waals surface area contributed by atoms with Crippen LogP contribution in [-0.2, 0) is 11.2 Å². The minimum Gasteiger partial charge on any atom is -0.431 e. The summed E-state index contributed by atoms with van der Waals surface area (Å²) in [5, 5.41) is 0. The minimum atomic E-state index is -0.702. The first-order valence-corrected chi connectivity index (χ1v) is 10.8. The van der Waals surface area contributed by atoms with Gasteiger partial charge < -0.3 is 9.47 Å². The summed E-state index contributed by atoms with van der Waals surface area (Å²) >= 11 is 0. The molecule has 29 heavy (non-hydrogen) atoms. The molecule has 0 saturated heterocycles. The lowest BCUT2D eigenvalue weighted by Gasteiger charge is -2.13. The Morgan fingerprint density at radius 1 is 0.966 bits per heavy atom. The Morgan fingerprint density at radius 2 is 1.69 bits per heavy atom. The molecule has 0 aromatic heterocycles. The molecule has 0 bridgehead atoms. The maximum atomic E-state index is 14.5. The van der Waals surface area contributed by atoms with E-state index < -0.39 is 6.16 Å². The molecule has 0 radical (unpaired) electrons. The molecule has 0 fully saturated rings. The van der Waals surface area contributed by atoms with Crippen LogP contribution in [0.1, 0.15) is 71.3 Å². The quantitative estimate of drug-likeness (QED) is 0.220. The average molecular weight is 401 g/mol. The van der Waals surface area contributed by atoms with Crippen LogP contribution in [0.5, 0.6) is 5.75 Å². The van der Waals surface area contributed by atoms with Gasteiger partial charge in [0.1, 0.15) is 17.7 Å². The first-order chi connectivity index (χ1) is 14.0. The first kappa shape index (κ1) is 22.9. The number of halogens is 1. The molecule has 1 unspecified atom stereocenters. The van der Waals surface area contributed by atoms with Gasteiger partial charge in [-0.25, -0.2) is 9.18 Å². The summed E-state index contributed by atoms with van der Waals surface area (Å²) in [6.07, 6.45) is 7.57. The molecule has 1 atom stereocenters. The molecule has 0 saturated carbocycles. The zero-order valence-electron chi connectivity index (χ0n) is 17.9. The molecule has 0 aliphatic carbocycles. The maximum Gasteiger partial charge on any atom is 0.514 e. The largest absolute Gasteiger partial charge is 0.514 e. The third-order valence-corrected chi connectivity index (χ3v) is 4.98. The van der Waals surface area contributed by atoms with Crippen LogP contribution in [0, 0.1) is 5.82 Å². The molecule has 3 nitrogen and oxygen atoms in total. The van der Waals surface area contributed by atoms with Gasteiger partial charge in [-0.05, 0) is 61.9 Å². The molecule has 0 aliphatic rings. The summed E-state index contributed by atoms with van der Waals surface area (Å²) < 4.78 is 25.0. The summed E-state index contributed by atoms with van der Waals surface area (Å²) in [4.78, 5) is 11.9. The van der Waals surface area contributed by atoms with Gasteiger partial charge in [0, 0.05) is 5.56 Å². The second kappa shape index (κ2) is 12.3. The van der Waals surface area contributed by atoms with Crippen molar-refractivity contribution in [1.29, 1.82) is 0 Å². The van der Waals surface area contributed by atoms with Gasteiger partial charge in [0.25, 0.3) is 0 Å².